The molecule has 1 aromatic carbocycles. The Morgan fingerprint density at radius 1 is 1.47 bits per heavy atom. The monoisotopic (exact) mass is 257 g/mol. The molecule has 0 aliphatic heterocycles. The molecule has 0 unspecified atom stereocenters. The molecule has 94 valence electrons. The molecule has 1 saturated carbocycles. The van der Waals surface area contributed by atoms with E-state index in [1.807, 2.05) is 11.9 Å². The van der Waals surface area contributed by atoms with Crippen LogP contribution in [0.1, 0.15) is 18.4 Å². The standard InChI is InChI=1S/C13H17ClFNO/c1-16(8-13(9-17)4-5-13)7-10-6-11(14)2-3-12(10)15/h2-3,6,17H,4-5,7-9H2,1H3. The van der Waals surface area contributed by atoms with Gasteiger partial charge in [0.15, 0.2) is 0 Å². The lowest BCUT2D eigenvalue weighted by Crippen LogP contribution is -2.28. The zero-order valence-electron chi connectivity index (χ0n) is 9.92. The van der Waals surface area contributed by atoms with Gasteiger partial charge in [-0.15, -0.1) is 0 Å². The second-order valence-corrected chi connectivity index (χ2v) is 5.50. The fourth-order valence-electron chi connectivity index (χ4n) is 2.13. The number of hydrogen-bond acceptors (Lipinski definition) is 2. The van der Waals surface area contributed by atoms with Crippen LogP contribution in [-0.4, -0.2) is 30.2 Å². The lowest BCUT2D eigenvalue weighted by atomic mass is 10.1. The summed E-state index contributed by atoms with van der Waals surface area (Å²) >= 11 is 5.85. The van der Waals surface area contributed by atoms with Crippen LogP contribution >= 0.6 is 11.6 Å². The van der Waals surface area contributed by atoms with Crippen molar-refractivity contribution in [3.63, 3.8) is 0 Å². The first-order valence-electron chi connectivity index (χ1n) is 5.78. The molecule has 1 fully saturated rings. The smallest absolute Gasteiger partial charge is 0.127 e. The van der Waals surface area contributed by atoms with Gasteiger partial charge in [-0.3, -0.25) is 0 Å². The molecule has 0 heterocycles. The van der Waals surface area contributed by atoms with Gasteiger partial charge >= 0.3 is 0 Å². The summed E-state index contributed by atoms with van der Waals surface area (Å²) in [6.45, 7) is 1.54. The Labute approximate surface area is 106 Å². The van der Waals surface area contributed by atoms with E-state index in [0.717, 1.165) is 19.4 Å². The molecular weight excluding hydrogens is 241 g/mol. The molecule has 0 saturated heterocycles. The maximum Gasteiger partial charge on any atom is 0.127 e. The minimum atomic E-state index is -0.227. The first kappa shape index (κ1) is 12.8. The number of halogens is 2. The van der Waals surface area contributed by atoms with Gasteiger partial charge in [0.05, 0.1) is 0 Å². The number of nitrogens with zero attached hydrogens (tertiary/aromatic N) is 1. The van der Waals surface area contributed by atoms with Crippen molar-refractivity contribution in [3.8, 4) is 0 Å². The molecule has 1 aliphatic rings. The van der Waals surface area contributed by atoms with Crippen molar-refractivity contribution in [3.05, 3.63) is 34.6 Å². The highest BCUT2D eigenvalue weighted by Gasteiger charge is 2.42. The van der Waals surface area contributed by atoms with Crippen LogP contribution in [0.25, 0.3) is 0 Å². The minimum Gasteiger partial charge on any atom is -0.396 e. The zero-order chi connectivity index (χ0) is 12.5. The van der Waals surface area contributed by atoms with Crippen molar-refractivity contribution < 1.29 is 9.50 Å². The first-order valence-corrected chi connectivity index (χ1v) is 6.16. The summed E-state index contributed by atoms with van der Waals surface area (Å²) in [6.07, 6.45) is 2.12. The quantitative estimate of drug-likeness (QED) is 0.877. The summed E-state index contributed by atoms with van der Waals surface area (Å²) < 4.78 is 13.5. The largest absolute Gasteiger partial charge is 0.396 e. The molecule has 0 bridgehead atoms. The second kappa shape index (κ2) is 4.92. The third-order valence-electron chi connectivity index (χ3n) is 3.35. The molecule has 2 nitrogen and oxygen atoms in total. The maximum atomic E-state index is 13.5. The van der Waals surface area contributed by atoms with Gasteiger partial charge in [0.25, 0.3) is 0 Å². The predicted octanol–water partition coefficient (Wildman–Crippen LogP) is 2.68. The van der Waals surface area contributed by atoms with Crippen LogP contribution in [0, 0.1) is 11.2 Å². The van der Waals surface area contributed by atoms with Gasteiger partial charge in [0, 0.05) is 35.7 Å². The van der Waals surface area contributed by atoms with Gasteiger partial charge in [-0.25, -0.2) is 4.39 Å². The third kappa shape index (κ3) is 3.18. The molecule has 0 atom stereocenters. The second-order valence-electron chi connectivity index (χ2n) is 5.07. The van der Waals surface area contributed by atoms with Crippen LogP contribution in [0.2, 0.25) is 5.02 Å². The highest BCUT2D eigenvalue weighted by atomic mass is 35.5. The third-order valence-corrected chi connectivity index (χ3v) is 3.58. The van der Waals surface area contributed by atoms with Crippen LogP contribution in [0.5, 0.6) is 0 Å². The average Bonchev–Trinajstić information content (AvgIpc) is 3.04. The number of benzene rings is 1. The van der Waals surface area contributed by atoms with E-state index in [1.54, 1.807) is 12.1 Å². The Morgan fingerprint density at radius 3 is 2.76 bits per heavy atom. The molecule has 0 radical (unpaired) electrons. The Hall–Kier alpha value is -0.640. The van der Waals surface area contributed by atoms with Gasteiger partial charge < -0.3 is 10.0 Å². The fourth-order valence-corrected chi connectivity index (χ4v) is 2.32. The molecule has 0 spiro atoms. The molecule has 1 N–H and O–H groups in total. The Balaban J connectivity index is 1.98. The van der Waals surface area contributed by atoms with Crippen molar-refractivity contribution in [1.82, 2.24) is 4.90 Å². The number of rotatable bonds is 5. The Bertz CT molecular complexity index is 406. The van der Waals surface area contributed by atoms with E-state index in [1.165, 1.54) is 6.07 Å². The van der Waals surface area contributed by atoms with Crippen LogP contribution in [0.4, 0.5) is 4.39 Å². The SMILES string of the molecule is CN(Cc1cc(Cl)ccc1F)CC1(CO)CC1. The summed E-state index contributed by atoms with van der Waals surface area (Å²) in [5.74, 6) is -0.227. The summed E-state index contributed by atoms with van der Waals surface area (Å²) in [4.78, 5) is 2.04. The Kier molecular flexibility index (Phi) is 3.71. The van der Waals surface area contributed by atoms with E-state index in [-0.39, 0.29) is 17.8 Å². The topological polar surface area (TPSA) is 23.5 Å². The number of hydrogen-bond donors (Lipinski definition) is 1. The van der Waals surface area contributed by atoms with Crippen LogP contribution < -0.4 is 0 Å². The predicted molar refractivity (Wildman–Crippen MR) is 66.5 cm³/mol. The van der Waals surface area contributed by atoms with E-state index in [0.29, 0.717) is 17.1 Å². The van der Waals surface area contributed by atoms with Crippen molar-refractivity contribution in [2.75, 3.05) is 20.2 Å². The highest BCUT2D eigenvalue weighted by molar-refractivity contribution is 6.30. The number of aliphatic hydroxyl groups excluding tert-OH is 1. The summed E-state index contributed by atoms with van der Waals surface area (Å²) in [7, 11) is 1.94. The van der Waals surface area contributed by atoms with Gasteiger partial charge in [-0.2, -0.15) is 0 Å². The van der Waals surface area contributed by atoms with Crippen molar-refractivity contribution in [2.45, 2.75) is 19.4 Å². The highest BCUT2D eigenvalue weighted by Crippen LogP contribution is 2.45. The zero-order valence-corrected chi connectivity index (χ0v) is 10.7. The summed E-state index contributed by atoms with van der Waals surface area (Å²) in [5.41, 5.74) is 0.665. The van der Waals surface area contributed by atoms with E-state index in [2.05, 4.69) is 0 Å². The van der Waals surface area contributed by atoms with Gasteiger partial charge in [0.2, 0.25) is 0 Å². The fraction of sp³-hybridized carbons (Fsp3) is 0.538. The molecule has 17 heavy (non-hydrogen) atoms. The molecule has 2 rings (SSSR count). The lowest BCUT2D eigenvalue weighted by Gasteiger charge is -2.22. The van der Waals surface area contributed by atoms with E-state index in [9.17, 15) is 9.50 Å². The summed E-state index contributed by atoms with van der Waals surface area (Å²) in [6, 6.07) is 4.60. The maximum absolute atomic E-state index is 13.5. The van der Waals surface area contributed by atoms with E-state index < -0.39 is 0 Å². The molecule has 0 aromatic heterocycles. The van der Waals surface area contributed by atoms with Crippen LogP contribution in [0.15, 0.2) is 18.2 Å². The summed E-state index contributed by atoms with van der Waals surface area (Å²) in [5, 5.41) is 9.80. The molecule has 1 aliphatic carbocycles. The van der Waals surface area contributed by atoms with Crippen LogP contribution in [0.3, 0.4) is 0 Å². The van der Waals surface area contributed by atoms with Crippen molar-refractivity contribution >= 4 is 11.6 Å². The van der Waals surface area contributed by atoms with Gasteiger partial charge in [-0.1, -0.05) is 11.6 Å². The lowest BCUT2D eigenvalue weighted by molar-refractivity contribution is 0.160. The van der Waals surface area contributed by atoms with E-state index >= 15 is 0 Å². The van der Waals surface area contributed by atoms with Gasteiger partial charge in [0.1, 0.15) is 5.82 Å². The van der Waals surface area contributed by atoms with Gasteiger partial charge in [-0.05, 0) is 38.1 Å². The first-order chi connectivity index (χ1) is 8.04. The molecule has 0 amide bonds. The van der Waals surface area contributed by atoms with Crippen molar-refractivity contribution in [2.24, 2.45) is 5.41 Å². The normalized spacial score (nSPS) is 17.5. The van der Waals surface area contributed by atoms with Crippen molar-refractivity contribution in [1.29, 1.82) is 0 Å². The molecule has 1 aromatic rings. The Morgan fingerprint density at radius 2 is 2.18 bits per heavy atom. The minimum absolute atomic E-state index is 0.0593. The molecule has 4 heteroatoms. The average molecular weight is 258 g/mol. The molecular formula is C13H17ClFNO. The van der Waals surface area contributed by atoms with E-state index in [4.69, 9.17) is 11.6 Å². The van der Waals surface area contributed by atoms with Crippen LogP contribution in [-0.2, 0) is 6.54 Å². The number of aliphatic hydroxyl groups is 1.